The van der Waals surface area contributed by atoms with Gasteiger partial charge in [-0.25, -0.2) is 9.37 Å². The van der Waals surface area contributed by atoms with Gasteiger partial charge in [-0.2, -0.15) is 0 Å². The predicted octanol–water partition coefficient (Wildman–Crippen LogP) is 3.61. The van der Waals surface area contributed by atoms with Gasteiger partial charge in [0, 0.05) is 11.3 Å². The van der Waals surface area contributed by atoms with Gasteiger partial charge in [0.2, 0.25) is 0 Å². The van der Waals surface area contributed by atoms with E-state index in [0.717, 1.165) is 11.8 Å². The molecule has 0 fully saturated rings. The summed E-state index contributed by atoms with van der Waals surface area (Å²) in [7, 11) is 0. The minimum absolute atomic E-state index is 0.137. The Bertz CT molecular complexity index is 632. The number of hydrogen-bond donors (Lipinski definition) is 1. The van der Waals surface area contributed by atoms with E-state index in [1.165, 1.54) is 12.1 Å². The van der Waals surface area contributed by atoms with Crippen LogP contribution in [0.2, 0.25) is 0 Å². The Balaban J connectivity index is 2.15. The third-order valence-electron chi connectivity index (χ3n) is 2.72. The molecule has 1 aromatic carbocycles. The average Bonchev–Trinajstić information content (AvgIpc) is 2.49. The predicted molar refractivity (Wildman–Crippen MR) is 79.3 cm³/mol. The number of benzene rings is 1. The first-order valence-corrected chi connectivity index (χ1v) is 6.92. The summed E-state index contributed by atoms with van der Waals surface area (Å²) >= 11 is 5.86. The molecule has 1 N–H and O–H groups in total. The van der Waals surface area contributed by atoms with Crippen molar-refractivity contribution in [1.29, 1.82) is 0 Å². The molecule has 4 nitrogen and oxygen atoms in total. The quantitative estimate of drug-likeness (QED) is 0.858. The molecule has 1 aromatic heterocycles. The number of alkyl halides is 1. The first kappa shape index (κ1) is 15.3. The van der Waals surface area contributed by atoms with Gasteiger partial charge in [0.1, 0.15) is 17.3 Å². The average molecular weight is 309 g/mol. The fourth-order valence-electron chi connectivity index (χ4n) is 1.76. The lowest BCUT2D eigenvalue weighted by Crippen LogP contribution is -2.13. The van der Waals surface area contributed by atoms with Gasteiger partial charge in [-0.1, -0.05) is 0 Å². The van der Waals surface area contributed by atoms with Gasteiger partial charge < -0.3 is 10.1 Å². The van der Waals surface area contributed by atoms with Crippen molar-refractivity contribution >= 4 is 23.2 Å². The van der Waals surface area contributed by atoms with Crippen molar-refractivity contribution in [1.82, 2.24) is 4.98 Å². The van der Waals surface area contributed by atoms with Gasteiger partial charge in [-0.3, -0.25) is 4.79 Å². The van der Waals surface area contributed by atoms with Crippen LogP contribution in [0.5, 0.6) is 5.75 Å². The molecule has 0 radical (unpaired) electrons. The Morgan fingerprint density at radius 3 is 2.81 bits per heavy atom. The molecular formula is C15H14ClFN2O2. The summed E-state index contributed by atoms with van der Waals surface area (Å²) in [5.41, 5.74) is 1.49. The highest BCUT2D eigenvalue weighted by atomic mass is 35.5. The summed E-state index contributed by atoms with van der Waals surface area (Å²) in [6, 6.07) is 7.70. The lowest BCUT2D eigenvalue weighted by atomic mass is 10.2. The second-order valence-corrected chi connectivity index (χ2v) is 4.47. The van der Waals surface area contributed by atoms with Crippen LogP contribution in [0, 0.1) is 5.82 Å². The SMILES string of the molecule is CCOc1ccc(NC(=O)c2ccc(F)cn2)cc1CCl. The van der Waals surface area contributed by atoms with Crippen molar-refractivity contribution in [2.45, 2.75) is 12.8 Å². The molecule has 0 unspecified atom stereocenters. The zero-order valence-corrected chi connectivity index (χ0v) is 12.2. The fraction of sp³-hybridized carbons (Fsp3) is 0.200. The molecule has 0 aliphatic heterocycles. The van der Waals surface area contributed by atoms with Crippen molar-refractivity contribution in [3.8, 4) is 5.75 Å². The van der Waals surface area contributed by atoms with Crippen LogP contribution in [-0.4, -0.2) is 17.5 Å². The largest absolute Gasteiger partial charge is 0.494 e. The number of rotatable bonds is 5. The van der Waals surface area contributed by atoms with Crippen LogP contribution in [0.15, 0.2) is 36.5 Å². The number of hydrogen-bond acceptors (Lipinski definition) is 3. The van der Waals surface area contributed by atoms with Crippen LogP contribution in [0.1, 0.15) is 23.0 Å². The molecule has 1 heterocycles. The monoisotopic (exact) mass is 308 g/mol. The third-order valence-corrected chi connectivity index (χ3v) is 3.01. The highest BCUT2D eigenvalue weighted by Gasteiger charge is 2.10. The van der Waals surface area contributed by atoms with Crippen LogP contribution in [0.25, 0.3) is 0 Å². The Labute approximate surface area is 126 Å². The molecule has 110 valence electrons. The van der Waals surface area contributed by atoms with Crippen LogP contribution >= 0.6 is 11.6 Å². The highest BCUT2D eigenvalue weighted by Crippen LogP contribution is 2.24. The number of halogens is 2. The van der Waals surface area contributed by atoms with Gasteiger partial charge in [0.15, 0.2) is 0 Å². The van der Waals surface area contributed by atoms with Gasteiger partial charge in [0.05, 0.1) is 18.7 Å². The third kappa shape index (κ3) is 3.92. The van der Waals surface area contributed by atoms with E-state index in [9.17, 15) is 9.18 Å². The summed E-state index contributed by atoms with van der Waals surface area (Å²) in [4.78, 5) is 15.7. The van der Waals surface area contributed by atoms with Crippen LogP contribution in [0.4, 0.5) is 10.1 Å². The topological polar surface area (TPSA) is 51.2 Å². The molecule has 21 heavy (non-hydrogen) atoms. The summed E-state index contributed by atoms with van der Waals surface area (Å²) in [5, 5.41) is 2.68. The first-order chi connectivity index (χ1) is 10.1. The van der Waals surface area contributed by atoms with Crippen molar-refractivity contribution in [2.75, 3.05) is 11.9 Å². The number of nitrogens with zero attached hydrogens (tertiary/aromatic N) is 1. The molecule has 6 heteroatoms. The Hall–Kier alpha value is -2.14. The smallest absolute Gasteiger partial charge is 0.274 e. The van der Waals surface area contributed by atoms with E-state index in [1.54, 1.807) is 18.2 Å². The highest BCUT2D eigenvalue weighted by molar-refractivity contribution is 6.17. The van der Waals surface area contributed by atoms with E-state index in [-0.39, 0.29) is 11.6 Å². The van der Waals surface area contributed by atoms with Gasteiger partial charge in [-0.15, -0.1) is 11.6 Å². The number of carbonyl (C=O) groups excluding carboxylic acids is 1. The maximum Gasteiger partial charge on any atom is 0.274 e. The molecule has 1 amide bonds. The Kier molecular flexibility index (Phi) is 5.11. The number of anilines is 1. The summed E-state index contributed by atoms with van der Waals surface area (Å²) in [5.74, 6) is 0.0514. The normalized spacial score (nSPS) is 10.2. The molecule has 0 saturated heterocycles. The van der Waals surface area contributed by atoms with E-state index in [4.69, 9.17) is 16.3 Å². The zero-order chi connectivity index (χ0) is 15.2. The summed E-state index contributed by atoms with van der Waals surface area (Å²) in [6.07, 6.45) is 0.997. The zero-order valence-electron chi connectivity index (χ0n) is 11.4. The van der Waals surface area contributed by atoms with E-state index in [2.05, 4.69) is 10.3 Å². The van der Waals surface area contributed by atoms with Crippen molar-refractivity contribution in [3.05, 3.63) is 53.6 Å². The van der Waals surface area contributed by atoms with Crippen LogP contribution in [-0.2, 0) is 5.88 Å². The summed E-state index contributed by atoms with van der Waals surface area (Å²) < 4.78 is 18.2. The lowest BCUT2D eigenvalue weighted by Gasteiger charge is -2.11. The minimum Gasteiger partial charge on any atom is -0.494 e. The van der Waals surface area contributed by atoms with Gasteiger partial charge in [-0.05, 0) is 37.3 Å². The van der Waals surface area contributed by atoms with E-state index in [1.807, 2.05) is 6.92 Å². The lowest BCUT2D eigenvalue weighted by molar-refractivity contribution is 0.102. The maximum absolute atomic E-state index is 12.8. The number of nitrogens with one attached hydrogen (secondary N) is 1. The number of carbonyl (C=O) groups is 1. The van der Waals surface area contributed by atoms with E-state index >= 15 is 0 Å². The Morgan fingerprint density at radius 2 is 2.19 bits per heavy atom. The second kappa shape index (κ2) is 7.04. The molecule has 0 atom stereocenters. The Morgan fingerprint density at radius 1 is 1.38 bits per heavy atom. The standard InChI is InChI=1S/C15H14ClFN2O2/c1-2-21-14-6-4-12(7-10(14)8-16)19-15(20)13-5-3-11(17)9-18-13/h3-7,9H,2,8H2,1H3,(H,19,20). The molecule has 2 aromatic rings. The number of pyridine rings is 1. The molecule has 0 aliphatic carbocycles. The molecule has 0 saturated carbocycles. The molecule has 0 aliphatic rings. The van der Waals surface area contributed by atoms with E-state index < -0.39 is 11.7 Å². The van der Waals surface area contributed by atoms with Crippen molar-refractivity contribution in [3.63, 3.8) is 0 Å². The molecule has 0 spiro atoms. The van der Waals surface area contributed by atoms with Gasteiger partial charge >= 0.3 is 0 Å². The molecule has 2 rings (SSSR count). The van der Waals surface area contributed by atoms with Crippen molar-refractivity contribution in [2.24, 2.45) is 0 Å². The maximum atomic E-state index is 12.8. The van der Waals surface area contributed by atoms with Crippen LogP contribution in [0.3, 0.4) is 0 Å². The second-order valence-electron chi connectivity index (χ2n) is 4.20. The van der Waals surface area contributed by atoms with Gasteiger partial charge in [0.25, 0.3) is 5.91 Å². The summed E-state index contributed by atoms with van der Waals surface area (Å²) in [6.45, 7) is 2.42. The number of ether oxygens (including phenoxy) is 1. The first-order valence-electron chi connectivity index (χ1n) is 6.38. The number of amides is 1. The number of aromatic nitrogens is 1. The molecule has 0 bridgehead atoms. The fourth-order valence-corrected chi connectivity index (χ4v) is 1.97. The van der Waals surface area contributed by atoms with Crippen LogP contribution < -0.4 is 10.1 Å². The molecular weight excluding hydrogens is 295 g/mol. The minimum atomic E-state index is -0.489. The van der Waals surface area contributed by atoms with E-state index in [0.29, 0.717) is 18.0 Å². The van der Waals surface area contributed by atoms with Crippen molar-refractivity contribution < 1.29 is 13.9 Å².